The largest absolute Gasteiger partial charge is 0.454 e. The highest BCUT2D eigenvalue weighted by Crippen LogP contribution is 2.35. The highest BCUT2D eigenvalue weighted by Gasteiger charge is 2.30. The molecule has 1 fully saturated rings. The van der Waals surface area contributed by atoms with E-state index in [9.17, 15) is 18.4 Å². The molecule has 9 nitrogen and oxygen atoms in total. The summed E-state index contributed by atoms with van der Waals surface area (Å²) in [5.41, 5.74) is 7.89. The number of rotatable bonds is 5. The van der Waals surface area contributed by atoms with Crippen LogP contribution in [-0.2, 0) is 4.74 Å². The SMILES string of the molecule is CC(C)(C)OC(=O)N1CCC(c2c[nH]n3c(C(N)=O)c(-c4ccc(Oc5ccc(F)cc5F)cc4)nc23)CC1. The fourth-order valence-corrected chi connectivity index (χ4v) is 4.73. The number of ether oxygens (including phenoxy) is 2. The van der Waals surface area contributed by atoms with Gasteiger partial charge in [-0.2, -0.15) is 0 Å². The summed E-state index contributed by atoms with van der Waals surface area (Å²) in [4.78, 5) is 31.4. The Balaban J connectivity index is 1.37. The molecule has 2 aromatic carbocycles. The topological polar surface area (TPSA) is 115 Å². The maximum Gasteiger partial charge on any atom is 0.410 e. The van der Waals surface area contributed by atoms with E-state index in [1.54, 1.807) is 33.7 Å². The Hall–Kier alpha value is -4.41. The number of piperidine rings is 1. The molecule has 1 aliphatic rings. The molecule has 39 heavy (non-hydrogen) atoms. The van der Waals surface area contributed by atoms with Crippen molar-refractivity contribution in [2.45, 2.75) is 45.1 Å². The number of amides is 2. The Bertz CT molecular complexity index is 1530. The van der Waals surface area contributed by atoms with Crippen LogP contribution in [0.1, 0.15) is 55.6 Å². The lowest BCUT2D eigenvalue weighted by atomic mass is 9.91. The fraction of sp³-hybridized carbons (Fsp3) is 0.321. The summed E-state index contributed by atoms with van der Waals surface area (Å²) in [7, 11) is 0. The van der Waals surface area contributed by atoms with Gasteiger partial charge in [-0.3, -0.25) is 9.89 Å². The molecule has 0 atom stereocenters. The molecule has 0 radical (unpaired) electrons. The summed E-state index contributed by atoms with van der Waals surface area (Å²) < 4.78 is 39.7. The molecule has 2 aromatic heterocycles. The van der Waals surface area contributed by atoms with E-state index >= 15 is 0 Å². The Morgan fingerprint density at radius 2 is 1.77 bits per heavy atom. The van der Waals surface area contributed by atoms with Gasteiger partial charge in [-0.05, 0) is 75.9 Å². The number of likely N-dealkylation sites (tertiary alicyclic amines) is 1. The van der Waals surface area contributed by atoms with E-state index in [1.165, 1.54) is 6.07 Å². The van der Waals surface area contributed by atoms with Crippen LogP contribution in [0.4, 0.5) is 13.6 Å². The molecule has 0 saturated carbocycles. The molecular weight excluding hydrogens is 508 g/mol. The molecule has 0 bridgehead atoms. The number of aromatic nitrogens is 3. The second kappa shape index (κ2) is 10.0. The third-order valence-corrected chi connectivity index (χ3v) is 6.55. The summed E-state index contributed by atoms with van der Waals surface area (Å²) >= 11 is 0. The zero-order chi connectivity index (χ0) is 27.9. The van der Waals surface area contributed by atoms with Gasteiger partial charge in [0.05, 0.1) is 0 Å². The Labute approximate surface area is 223 Å². The number of primary amides is 1. The van der Waals surface area contributed by atoms with Crippen molar-refractivity contribution in [3.63, 3.8) is 0 Å². The number of hydrogen-bond donors (Lipinski definition) is 2. The molecule has 3 N–H and O–H groups in total. The monoisotopic (exact) mass is 537 g/mol. The first-order valence-corrected chi connectivity index (χ1v) is 12.6. The summed E-state index contributed by atoms with van der Waals surface area (Å²) in [6.07, 6.45) is 2.93. The second-order valence-electron chi connectivity index (χ2n) is 10.5. The average molecular weight is 538 g/mol. The number of H-pyrrole nitrogens is 1. The molecule has 4 aromatic rings. The van der Waals surface area contributed by atoms with Crippen molar-refractivity contribution in [3.8, 4) is 22.8 Å². The van der Waals surface area contributed by atoms with E-state index in [1.807, 2.05) is 27.0 Å². The number of fused-ring (bicyclic) bond motifs is 1. The predicted molar refractivity (Wildman–Crippen MR) is 140 cm³/mol. The van der Waals surface area contributed by atoms with Gasteiger partial charge >= 0.3 is 6.09 Å². The third-order valence-electron chi connectivity index (χ3n) is 6.55. The standard InChI is InChI=1S/C28H29F2N5O4/c1-28(2,3)39-27(37)34-12-10-16(11-13-34)20-15-32-35-24(25(31)36)23(33-26(20)35)17-4-7-19(8-5-17)38-22-9-6-18(29)14-21(22)30/h4-9,14-16,32H,10-13H2,1-3H3,(H2,31,36). The van der Waals surface area contributed by atoms with Crippen LogP contribution in [0.3, 0.4) is 0 Å². The number of imidazole rings is 1. The quantitative estimate of drug-likeness (QED) is 0.343. The number of carbonyl (C=O) groups excluding carboxylic acids is 2. The van der Waals surface area contributed by atoms with E-state index in [2.05, 4.69) is 5.10 Å². The van der Waals surface area contributed by atoms with Gasteiger partial charge in [0.25, 0.3) is 5.91 Å². The maximum atomic E-state index is 14.0. The van der Waals surface area contributed by atoms with E-state index in [4.69, 9.17) is 20.2 Å². The minimum absolute atomic E-state index is 0.111. The first kappa shape index (κ1) is 26.2. The molecule has 1 aliphatic heterocycles. The second-order valence-corrected chi connectivity index (χ2v) is 10.5. The summed E-state index contributed by atoms with van der Waals surface area (Å²) in [6.45, 7) is 6.61. The van der Waals surface area contributed by atoms with Crippen molar-refractivity contribution < 1.29 is 27.8 Å². The summed E-state index contributed by atoms with van der Waals surface area (Å²) in [6, 6.07) is 9.63. The number of carbonyl (C=O) groups is 2. The molecule has 1 saturated heterocycles. The van der Waals surface area contributed by atoms with Crippen LogP contribution in [0.25, 0.3) is 16.9 Å². The van der Waals surface area contributed by atoms with Crippen LogP contribution in [0.2, 0.25) is 0 Å². The number of halogens is 2. The number of nitrogens with one attached hydrogen (secondary N) is 1. The first-order valence-electron chi connectivity index (χ1n) is 12.6. The van der Waals surface area contributed by atoms with Gasteiger partial charge in [0, 0.05) is 36.5 Å². The summed E-state index contributed by atoms with van der Waals surface area (Å²) in [5, 5.41) is 3.10. The van der Waals surface area contributed by atoms with Gasteiger partial charge in [-0.1, -0.05) is 0 Å². The van der Waals surface area contributed by atoms with E-state index in [0.29, 0.717) is 48.6 Å². The van der Waals surface area contributed by atoms with Gasteiger partial charge < -0.3 is 20.1 Å². The minimum atomic E-state index is -0.817. The van der Waals surface area contributed by atoms with Crippen molar-refractivity contribution >= 4 is 17.6 Å². The molecule has 11 heteroatoms. The van der Waals surface area contributed by atoms with Crippen LogP contribution in [0.15, 0.2) is 48.7 Å². The molecule has 2 amide bonds. The van der Waals surface area contributed by atoms with Crippen LogP contribution in [0, 0.1) is 11.6 Å². The van der Waals surface area contributed by atoms with Crippen molar-refractivity contribution in [1.29, 1.82) is 0 Å². The van der Waals surface area contributed by atoms with E-state index in [0.717, 1.165) is 17.7 Å². The van der Waals surface area contributed by atoms with Gasteiger partial charge in [0.15, 0.2) is 22.9 Å². The van der Waals surface area contributed by atoms with Crippen LogP contribution >= 0.6 is 0 Å². The molecule has 3 heterocycles. The van der Waals surface area contributed by atoms with Crippen LogP contribution < -0.4 is 10.5 Å². The molecule has 5 rings (SSSR count). The average Bonchev–Trinajstić information content (AvgIpc) is 3.45. The van der Waals surface area contributed by atoms with Gasteiger partial charge in [0.2, 0.25) is 0 Å². The molecule has 204 valence electrons. The maximum absolute atomic E-state index is 14.0. The van der Waals surface area contributed by atoms with Crippen molar-refractivity contribution in [2.75, 3.05) is 13.1 Å². The number of nitrogens with two attached hydrogens (primary N) is 1. The van der Waals surface area contributed by atoms with E-state index < -0.39 is 23.1 Å². The smallest absolute Gasteiger partial charge is 0.410 e. The normalized spacial score (nSPS) is 14.5. The molecule has 0 aliphatic carbocycles. The Morgan fingerprint density at radius 1 is 1.08 bits per heavy atom. The fourth-order valence-electron chi connectivity index (χ4n) is 4.73. The van der Waals surface area contributed by atoms with Gasteiger partial charge in [0.1, 0.15) is 22.9 Å². The number of nitrogens with zero attached hydrogens (tertiary/aromatic N) is 3. The lowest BCUT2D eigenvalue weighted by Crippen LogP contribution is -2.41. The molecule has 0 spiro atoms. The van der Waals surface area contributed by atoms with Crippen LogP contribution in [-0.4, -0.2) is 50.2 Å². The lowest BCUT2D eigenvalue weighted by molar-refractivity contribution is 0.0205. The van der Waals surface area contributed by atoms with Crippen molar-refractivity contribution in [2.24, 2.45) is 5.73 Å². The van der Waals surface area contributed by atoms with Gasteiger partial charge in [-0.15, -0.1) is 0 Å². The lowest BCUT2D eigenvalue weighted by Gasteiger charge is -2.33. The van der Waals surface area contributed by atoms with E-state index in [-0.39, 0.29) is 23.5 Å². The first-order chi connectivity index (χ1) is 18.5. The predicted octanol–water partition coefficient (Wildman–Crippen LogP) is 5.61. The zero-order valence-corrected chi connectivity index (χ0v) is 21.8. The third kappa shape index (κ3) is 5.43. The number of aromatic amines is 1. The summed E-state index contributed by atoms with van der Waals surface area (Å²) in [5.74, 6) is -1.83. The number of hydrogen-bond acceptors (Lipinski definition) is 5. The van der Waals surface area contributed by atoms with Gasteiger partial charge in [-0.25, -0.2) is 23.1 Å². The highest BCUT2D eigenvalue weighted by molar-refractivity contribution is 5.98. The zero-order valence-electron chi connectivity index (χ0n) is 21.8. The van der Waals surface area contributed by atoms with Crippen LogP contribution in [0.5, 0.6) is 11.5 Å². The molecular formula is C28H29F2N5O4. The Kier molecular flexibility index (Phi) is 6.75. The molecule has 0 unspecified atom stereocenters. The Morgan fingerprint density at radius 3 is 2.38 bits per heavy atom. The van der Waals surface area contributed by atoms with Crippen molar-refractivity contribution in [3.05, 3.63) is 71.6 Å². The minimum Gasteiger partial charge on any atom is -0.454 e. The highest BCUT2D eigenvalue weighted by atomic mass is 19.1. The number of benzene rings is 2. The van der Waals surface area contributed by atoms with Crippen molar-refractivity contribution in [1.82, 2.24) is 19.5 Å².